The zero-order valence-electron chi connectivity index (χ0n) is 15.9. The number of carbonyl (C=O) groups is 3. The SMILES string of the molecule is COc1cc(C(=O)O[C@@H](C)C(=O)Nc2cccc(C(C)=O)c2)ccc1OC(F)F. The van der Waals surface area contributed by atoms with Crippen molar-refractivity contribution in [2.75, 3.05) is 12.4 Å². The highest BCUT2D eigenvalue weighted by Gasteiger charge is 2.21. The van der Waals surface area contributed by atoms with Gasteiger partial charge in [-0.05, 0) is 44.2 Å². The molecule has 154 valence electrons. The molecule has 1 amide bonds. The zero-order chi connectivity index (χ0) is 21.6. The fourth-order valence-corrected chi connectivity index (χ4v) is 2.33. The first-order valence-electron chi connectivity index (χ1n) is 8.47. The number of Topliss-reactive ketones (excluding diaryl/α,β-unsaturated/α-hetero) is 1. The molecule has 0 aromatic heterocycles. The Morgan fingerprint density at radius 3 is 2.34 bits per heavy atom. The van der Waals surface area contributed by atoms with Crippen LogP contribution in [0.3, 0.4) is 0 Å². The molecule has 7 nitrogen and oxygen atoms in total. The number of halogens is 2. The van der Waals surface area contributed by atoms with E-state index in [2.05, 4.69) is 10.1 Å². The average molecular weight is 407 g/mol. The Morgan fingerprint density at radius 1 is 1.00 bits per heavy atom. The first-order valence-corrected chi connectivity index (χ1v) is 8.47. The van der Waals surface area contributed by atoms with Crippen molar-refractivity contribution in [2.24, 2.45) is 0 Å². The lowest BCUT2D eigenvalue weighted by molar-refractivity contribution is -0.123. The number of nitrogens with one attached hydrogen (secondary N) is 1. The standard InChI is InChI=1S/C20H19F2NO6/c1-11(24)13-5-4-6-15(9-13)23-18(25)12(2)28-19(26)14-7-8-16(29-20(21)22)17(10-14)27-3/h4-10,12,20H,1-3H3,(H,23,25)/t12-/m0/s1. The van der Waals surface area contributed by atoms with E-state index in [0.717, 1.165) is 6.07 Å². The minimum Gasteiger partial charge on any atom is -0.493 e. The lowest BCUT2D eigenvalue weighted by Crippen LogP contribution is -2.30. The van der Waals surface area contributed by atoms with Gasteiger partial charge < -0.3 is 19.5 Å². The summed E-state index contributed by atoms with van der Waals surface area (Å²) >= 11 is 0. The molecule has 0 saturated heterocycles. The molecule has 2 aromatic carbocycles. The number of rotatable bonds is 8. The van der Waals surface area contributed by atoms with E-state index in [0.29, 0.717) is 11.3 Å². The van der Waals surface area contributed by atoms with Crippen molar-refractivity contribution in [2.45, 2.75) is 26.6 Å². The molecule has 0 aliphatic carbocycles. The van der Waals surface area contributed by atoms with Gasteiger partial charge in [0.2, 0.25) is 0 Å². The lowest BCUT2D eigenvalue weighted by Gasteiger charge is -2.15. The van der Waals surface area contributed by atoms with Gasteiger partial charge in [0.05, 0.1) is 12.7 Å². The maximum Gasteiger partial charge on any atom is 0.387 e. The normalized spacial score (nSPS) is 11.5. The van der Waals surface area contributed by atoms with E-state index in [4.69, 9.17) is 9.47 Å². The Hall–Kier alpha value is -3.49. The largest absolute Gasteiger partial charge is 0.493 e. The molecule has 0 unspecified atom stereocenters. The van der Waals surface area contributed by atoms with Gasteiger partial charge in [0.25, 0.3) is 5.91 Å². The van der Waals surface area contributed by atoms with Gasteiger partial charge in [-0.25, -0.2) is 4.79 Å². The van der Waals surface area contributed by atoms with Crippen LogP contribution in [-0.4, -0.2) is 37.5 Å². The molecule has 0 fully saturated rings. The van der Waals surface area contributed by atoms with E-state index in [1.54, 1.807) is 18.2 Å². The molecule has 0 heterocycles. The topological polar surface area (TPSA) is 90.9 Å². The van der Waals surface area contributed by atoms with Crippen LogP contribution < -0.4 is 14.8 Å². The molecule has 29 heavy (non-hydrogen) atoms. The molecule has 0 aliphatic rings. The highest BCUT2D eigenvalue weighted by molar-refractivity contribution is 5.99. The third-order valence-corrected chi connectivity index (χ3v) is 3.81. The maximum atomic E-state index is 12.4. The molecule has 0 aliphatic heterocycles. The Bertz CT molecular complexity index is 916. The third-order valence-electron chi connectivity index (χ3n) is 3.81. The first-order chi connectivity index (χ1) is 13.7. The second kappa shape index (κ2) is 9.63. The van der Waals surface area contributed by atoms with Gasteiger partial charge in [0, 0.05) is 11.3 Å². The molecule has 2 aromatic rings. The minimum atomic E-state index is -3.05. The minimum absolute atomic E-state index is 0.0123. The summed E-state index contributed by atoms with van der Waals surface area (Å²) in [5.41, 5.74) is 0.785. The van der Waals surface area contributed by atoms with Gasteiger partial charge >= 0.3 is 12.6 Å². The van der Waals surface area contributed by atoms with Gasteiger partial charge in [-0.3, -0.25) is 9.59 Å². The van der Waals surface area contributed by atoms with E-state index in [1.807, 2.05) is 0 Å². The van der Waals surface area contributed by atoms with Crippen LogP contribution in [0.1, 0.15) is 34.6 Å². The molecule has 0 spiro atoms. The summed E-state index contributed by atoms with van der Waals surface area (Å²) in [4.78, 5) is 35.9. The number of methoxy groups -OCH3 is 1. The number of hydrogen-bond acceptors (Lipinski definition) is 6. The van der Waals surface area contributed by atoms with E-state index < -0.39 is 24.6 Å². The number of esters is 1. The van der Waals surface area contributed by atoms with Crippen LogP contribution in [0, 0.1) is 0 Å². The summed E-state index contributed by atoms with van der Waals surface area (Å²) in [5, 5.41) is 2.55. The number of hydrogen-bond donors (Lipinski definition) is 1. The van der Waals surface area contributed by atoms with Crippen molar-refractivity contribution < 1.29 is 37.4 Å². The fourth-order valence-electron chi connectivity index (χ4n) is 2.33. The summed E-state index contributed by atoms with van der Waals surface area (Å²) in [7, 11) is 1.23. The second-order valence-corrected chi connectivity index (χ2v) is 5.92. The predicted molar refractivity (Wildman–Crippen MR) is 99.6 cm³/mol. The number of benzene rings is 2. The molecule has 1 N–H and O–H groups in total. The van der Waals surface area contributed by atoms with Crippen LogP contribution in [-0.2, 0) is 9.53 Å². The van der Waals surface area contributed by atoms with Gasteiger partial charge in [-0.15, -0.1) is 0 Å². The van der Waals surface area contributed by atoms with Crippen molar-refractivity contribution >= 4 is 23.3 Å². The quantitative estimate of drug-likeness (QED) is 0.530. The van der Waals surface area contributed by atoms with Crippen LogP contribution in [0.4, 0.5) is 14.5 Å². The molecular weight excluding hydrogens is 388 g/mol. The maximum absolute atomic E-state index is 12.4. The van der Waals surface area contributed by atoms with Crippen LogP contribution >= 0.6 is 0 Å². The van der Waals surface area contributed by atoms with Crippen LogP contribution in [0.5, 0.6) is 11.5 Å². The summed E-state index contributed by atoms with van der Waals surface area (Å²) in [6.07, 6.45) is -1.16. The molecule has 2 rings (SSSR count). The summed E-state index contributed by atoms with van der Waals surface area (Å²) in [6, 6.07) is 9.82. The van der Waals surface area contributed by atoms with Crippen molar-refractivity contribution in [1.82, 2.24) is 0 Å². The average Bonchev–Trinajstić information content (AvgIpc) is 2.67. The summed E-state index contributed by atoms with van der Waals surface area (Å²) in [5.74, 6) is -1.95. The smallest absolute Gasteiger partial charge is 0.387 e. The number of alkyl halides is 2. The van der Waals surface area contributed by atoms with Gasteiger partial charge in [-0.1, -0.05) is 12.1 Å². The monoisotopic (exact) mass is 407 g/mol. The number of ketones is 1. The highest BCUT2D eigenvalue weighted by atomic mass is 19.3. The predicted octanol–water partition coefficient (Wildman–Crippen LogP) is 3.68. The number of anilines is 1. The molecule has 9 heteroatoms. The molecular formula is C20H19F2NO6. The van der Waals surface area contributed by atoms with Gasteiger partial charge in [0.1, 0.15) is 0 Å². The molecule has 0 radical (unpaired) electrons. The van der Waals surface area contributed by atoms with Crippen LogP contribution in [0.25, 0.3) is 0 Å². The molecule has 1 atom stereocenters. The Kier molecular flexibility index (Phi) is 7.24. The van der Waals surface area contributed by atoms with Crippen molar-refractivity contribution in [3.05, 3.63) is 53.6 Å². The van der Waals surface area contributed by atoms with Gasteiger partial charge in [0.15, 0.2) is 23.4 Å². The van der Waals surface area contributed by atoms with Crippen molar-refractivity contribution in [1.29, 1.82) is 0 Å². The Balaban J connectivity index is 2.05. The van der Waals surface area contributed by atoms with Crippen LogP contribution in [0.15, 0.2) is 42.5 Å². The van der Waals surface area contributed by atoms with E-state index >= 15 is 0 Å². The third kappa shape index (κ3) is 6.00. The Morgan fingerprint density at radius 2 is 1.72 bits per heavy atom. The zero-order valence-corrected chi connectivity index (χ0v) is 15.9. The fraction of sp³-hybridized carbons (Fsp3) is 0.250. The second-order valence-electron chi connectivity index (χ2n) is 5.92. The van der Waals surface area contributed by atoms with Gasteiger partial charge in [-0.2, -0.15) is 8.78 Å². The summed E-state index contributed by atoms with van der Waals surface area (Å²) in [6.45, 7) is -0.280. The van der Waals surface area contributed by atoms with E-state index in [1.165, 1.54) is 39.2 Å². The lowest BCUT2D eigenvalue weighted by atomic mass is 10.1. The number of carbonyl (C=O) groups excluding carboxylic acids is 3. The first kappa shape index (κ1) is 21.8. The number of amides is 1. The van der Waals surface area contributed by atoms with Crippen molar-refractivity contribution in [3.63, 3.8) is 0 Å². The summed E-state index contributed by atoms with van der Waals surface area (Å²) < 4.78 is 39.1. The van der Waals surface area contributed by atoms with E-state index in [-0.39, 0.29) is 22.8 Å². The van der Waals surface area contributed by atoms with Crippen molar-refractivity contribution in [3.8, 4) is 11.5 Å². The number of ether oxygens (including phenoxy) is 3. The van der Waals surface area contributed by atoms with E-state index in [9.17, 15) is 23.2 Å². The molecule has 0 bridgehead atoms. The Labute approximate surface area is 165 Å². The van der Waals surface area contributed by atoms with Crippen LogP contribution in [0.2, 0.25) is 0 Å². The molecule has 0 saturated carbocycles. The highest BCUT2D eigenvalue weighted by Crippen LogP contribution is 2.29.